The van der Waals surface area contributed by atoms with Gasteiger partial charge in [-0.3, -0.25) is 9.59 Å². The average molecular weight is 468 g/mol. The van der Waals surface area contributed by atoms with E-state index in [2.05, 4.69) is 15.2 Å². The van der Waals surface area contributed by atoms with Gasteiger partial charge >= 0.3 is 0 Å². The van der Waals surface area contributed by atoms with Crippen LogP contribution in [0.3, 0.4) is 0 Å². The van der Waals surface area contributed by atoms with Crippen LogP contribution in [0.4, 0.5) is 5.82 Å². The highest BCUT2D eigenvalue weighted by Crippen LogP contribution is 2.39. The van der Waals surface area contributed by atoms with Crippen LogP contribution in [0, 0.1) is 0 Å². The molecule has 33 heavy (non-hydrogen) atoms. The Balaban J connectivity index is 1.58. The van der Waals surface area contributed by atoms with E-state index in [1.165, 1.54) is 0 Å². The number of hydrogen-bond donors (Lipinski definition) is 2. The zero-order valence-corrected chi connectivity index (χ0v) is 19.2. The third-order valence-corrected chi connectivity index (χ3v) is 6.16. The molecule has 1 aliphatic rings. The maximum Gasteiger partial charge on any atom is 0.255 e. The van der Waals surface area contributed by atoms with E-state index in [-0.39, 0.29) is 12.5 Å². The Bertz CT molecular complexity index is 1160. The van der Waals surface area contributed by atoms with E-state index in [9.17, 15) is 9.59 Å². The summed E-state index contributed by atoms with van der Waals surface area (Å²) in [5.74, 6) is 0.459. The average Bonchev–Trinajstić information content (AvgIpc) is 3.24. The van der Waals surface area contributed by atoms with Gasteiger partial charge in [-0.25, -0.2) is 4.98 Å². The van der Waals surface area contributed by atoms with Crippen molar-refractivity contribution in [2.75, 3.05) is 18.6 Å². The number of fused-ring (bicyclic) bond motifs is 1. The summed E-state index contributed by atoms with van der Waals surface area (Å²) in [5, 5.41) is 3.37. The van der Waals surface area contributed by atoms with Crippen molar-refractivity contribution in [1.82, 2.24) is 14.9 Å². The fourth-order valence-corrected chi connectivity index (χ4v) is 4.28. The predicted molar refractivity (Wildman–Crippen MR) is 127 cm³/mol. The van der Waals surface area contributed by atoms with Crippen LogP contribution in [-0.4, -0.2) is 41.1 Å². The first-order valence-corrected chi connectivity index (χ1v) is 11.0. The molecule has 1 aliphatic heterocycles. The second-order valence-electron chi connectivity index (χ2n) is 8.11. The van der Waals surface area contributed by atoms with Crippen LogP contribution >= 0.6 is 11.6 Å². The fourth-order valence-electron chi connectivity index (χ4n) is 4.15. The molecule has 4 rings (SSSR count). The van der Waals surface area contributed by atoms with Crippen molar-refractivity contribution < 1.29 is 14.3 Å². The van der Waals surface area contributed by atoms with Crippen LogP contribution in [0.1, 0.15) is 33.9 Å². The van der Waals surface area contributed by atoms with E-state index in [0.717, 1.165) is 23.4 Å². The Kier molecular flexibility index (Phi) is 6.55. The van der Waals surface area contributed by atoms with Crippen LogP contribution in [0.15, 0.2) is 55.0 Å². The van der Waals surface area contributed by atoms with Gasteiger partial charge in [0, 0.05) is 37.5 Å². The first-order valence-electron chi connectivity index (χ1n) is 10.6. The van der Waals surface area contributed by atoms with Gasteiger partial charge in [0.25, 0.3) is 5.91 Å². The molecule has 2 aromatic carbocycles. The van der Waals surface area contributed by atoms with Crippen molar-refractivity contribution in [2.24, 2.45) is 12.8 Å². The molecular weight excluding hydrogens is 442 g/mol. The highest BCUT2D eigenvalue weighted by atomic mass is 35.5. The molecule has 3 N–H and O–H groups in total. The van der Waals surface area contributed by atoms with Gasteiger partial charge in [0.1, 0.15) is 17.6 Å². The number of benzene rings is 2. The summed E-state index contributed by atoms with van der Waals surface area (Å²) in [7, 11) is 3.94. The van der Waals surface area contributed by atoms with Crippen LogP contribution in [-0.2, 0) is 18.3 Å². The Morgan fingerprint density at radius 1 is 1.30 bits per heavy atom. The maximum atomic E-state index is 13.2. The topological polar surface area (TPSA) is 102 Å². The molecule has 1 aromatic heterocycles. The van der Waals surface area contributed by atoms with E-state index < -0.39 is 17.9 Å². The molecule has 1 unspecified atom stereocenters. The first-order chi connectivity index (χ1) is 15.8. The molecule has 2 amide bonds. The van der Waals surface area contributed by atoms with Gasteiger partial charge in [0.05, 0.1) is 30.7 Å². The fraction of sp³-hybridized carbons (Fsp3) is 0.292. The standard InChI is InChI=1S/C24H26ClN5O3/c1-29-14-27-13-21(29)30(2)20-10-11-33-22-17(20)4-3-5-18(22)24(32)28-19(23(26)31)12-15-6-8-16(25)9-7-15/h3-9,13-14,19-20H,10-12H2,1-2H3,(H2,26,31)(H,28,32)/t19-,20?/m0/s1. The summed E-state index contributed by atoms with van der Waals surface area (Å²) in [5.41, 5.74) is 7.70. The molecule has 8 nitrogen and oxygen atoms in total. The van der Waals surface area contributed by atoms with Crippen LogP contribution < -0.4 is 20.7 Å². The predicted octanol–water partition coefficient (Wildman–Crippen LogP) is 2.86. The lowest BCUT2D eigenvalue weighted by Crippen LogP contribution is -2.46. The largest absolute Gasteiger partial charge is 0.492 e. The second kappa shape index (κ2) is 9.54. The van der Waals surface area contributed by atoms with Gasteiger partial charge in [-0.15, -0.1) is 0 Å². The number of carbonyl (C=O) groups is 2. The lowest BCUT2D eigenvalue weighted by Gasteiger charge is -2.35. The normalized spacial score (nSPS) is 15.8. The zero-order chi connectivity index (χ0) is 23.5. The number of nitrogens with one attached hydrogen (secondary N) is 1. The van der Waals surface area contributed by atoms with Crippen molar-refractivity contribution in [3.63, 3.8) is 0 Å². The van der Waals surface area contributed by atoms with Crippen molar-refractivity contribution >= 4 is 29.2 Å². The molecule has 9 heteroatoms. The quantitative estimate of drug-likeness (QED) is 0.556. The van der Waals surface area contributed by atoms with E-state index in [1.807, 2.05) is 30.8 Å². The highest BCUT2D eigenvalue weighted by Gasteiger charge is 2.30. The van der Waals surface area contributed by atoms with Crippen molar-refractivity contribution in [3.05, 3.63) is 76.7 Å². The van der Waals surface area contributed by atoms with Gasteiger partial charge in [0.15, 0.2) is 0 Å². The number of anilines is 1. The lowest BCUT2D eigenvalue weighted by molar-refractivity contribution is -0.119. The van der Waals surface area contributed by atoms with E-state index >= 15 is 0 Å². The van der Waals surface area contributed by atoms with E-state index in [4.69, 9.17) is 22.1 Å². The number of aromatic nitrogens is 2. The molecule has 0 spiro atoms. The Labute approximate surface area is 197 Å². The second-order valence-corrected chi connectivity index (χ2v) is 8.55. The van der Waals surface area contributed by atoms with Crippen LogP contribution in [0.5, 0.6) is 5.75 Å². The van der Waals surface area contributed by atoms with Gasteiger partial charge in [0.2, 0.25) is 5.91 Å². The number of hydrogen-bond acceptors (Lipinski definition) is 5. The molecule has 172 valence electrons. The number of para-hydroxylation sites is 1. The number of amides is 2. The van der Waals surface area contributed by atoms with Crippen molar-refractivity contribution in [3.8, 4) is 5.75 Å². The number of nitrogens with zero attached hydrogens (tertiary/aromatic N) is 3. The lowest BCUT2D eigenvalue weighted by atomic mass is 9.96. The molecule has 0 saturated heterocycles. The smallest absolute Gasteiger partial charge is 0.255 e. The molecule has 0 fully saturated rings. The van der Waals surface area contributed by atoms with Gasteiger partial charge in [-0.1, -0.05) is 35.9 Å². The van der Waals surface area contributed by atoms with E-state index in [1.54, 1.807) is 42.9 Å². The minimum Gasteiger partial charge on any atom is -0.492 e. The molecule has 2 heterocycles. The molecular formula is C24H26ClN5O3. The summed E-state index contributed by atoms with van der Waals surface area (Å²) in [6.45, 7) is 0.466. The number of ether oxygens (including phenoxy) is 1. The van der Waals surface area contributed by atoms with Gasteiger partial charge in [-0.2, -0.15) is 0 Å². The Morgan fingerprint density at radius 2 is 2.06 bits per heavy atom. The number of rotatable bonds is 7. The van der Waals surface area contributed by atoms with Crippen molar-refractivity contribution in [1.29, 1.82) is 0 Å². The molecule has 0 saturated carbocycles. The minimum absolute atomic E-state index is 0.0119. The summed E-state index contributed by atoms with van der Waals surface area (Å²) in [6.07, 6.45) is 4.58. The molecule has 0 radical (unpaired) electrons. The SMILES string of the molecule is CN(c1cncn1C)C1CCOc2c(C(=O)N[C@@H](Cc3ccc(Cl)cc3)C(N)=O)cccc21. The van der Waals surface area contributed by atoms with Crippen LogP contribution in [0.25, 0.3) is 0 Å². The number of aryl methyl sites for hydroxylation is 1. The monoisotopic (exact) mass is 467 g/mol. The van der Waals surface area contributed by atoms with Crippen molar-refractivity contribution in [2.45, 2.75) is 24.9 Å². The van der Waals surface area contributed by atoms with Gasteiger partial charge in [-0.05, 0) is 23.8 Å². The summed E-state index contributed by atoms with van der Waals surface area (Å²) in [4.78, 5) is 31.6. The minimum atomic E-state index is -0.869. The summed E-state index contributed by atoms with van der Waals surface area (Å²) >= 11 is 5.93. The summed E-state index contributed by atoms with van der Waals surface area (Å²) < 4.78 is 7.88. The number of imidazole rings is 1. The highest BCUT2D eigenvalue weighted by molar-refractivity contribution is 6.30. The molecule has 3 aromatic rings. The summed E-state index contributed by atoms with van der Waals surface area (Å²) in [6, 6.07) is 11.7. The Morgan fingerprint density at radius 3 is 2.73 bits per heavy atom. The molecule has 2 atom stereocenters. The zero-order valence-electron chi connectivity index (χ0n) is 18.5. The van der Waals surface area contributed by atoms with E-state index in [0.29, 0.717) is 22.9 Å². The molecule has 0 bridgehead atoms. The molecule has 0 aliphatic carbocycles. The number of nitrogens with two attached hydrogens (primary N) is 1. The first kappa shape index (κ1) is 22.7. The third kappa shape index (κ3) is 4.80. The van der Waals surface area contributed by atoms with Crippen LogP contribution in [0.2, 0.25) is 5.02 Å². The maximum absolute atomic E-state index is 13.2. The number of halogens is 1. The number of primary amides is 1. The third-order valence-electron chi connectivity index (χ3n) is 5.91. The Hall–Kier alpha value is -3.52. The van der Waals surface area contributed by atoms with Gasteiger partial charge < -0.3 is 25.3 Å². The number of carbonyl (C=O) groups excluding carboxylic acids is 2.